The Morgan fingerprint density at radius 2 is 2.42 bits per heavy atom. The van der Waals surface area contributed by atoms with Crippen molar-refractivity contribution in [2.75, 3.05) is 11.6 Å². The van der Waals surface area contributed by atoms with Crippen LogP contribution in [0.2, 0.25) is 5.15 Å². The number of carbonyl (C=O) groups excluding carboxylic acids is 1. The molecule has 0 aromatic carbocycles. The number of nitrogens with one attached hydrogen (secondary N) is 1. The lowest BCUT2D eigenvalue weighted by Crippen LogP contribution is -2.13. The molecule has 0 fully saturated rings. The fourth-order valence-electron chi connectivity index (χ4n) is 1.50. The lowest BCUT2D eigenvalue weighted by molar-refractivity contribution is -0.116. The standard InChI is InChI=1S/C12H12ClN3O2S/c1-19-12-9(3-2-6-14-12)15-11(17)5-4-8-7-10(13)16-18-8/h2-3,6-7H,4-5H2,1H3,(H,15,17). The van der Waals surface area contributed by atoms with E-state index in [1.807, 2.05) is 12.3 Å². The molecule has 0 bridgehead atoms. The highest BCUT2D eigenvalue weighted by atomic mass is 35.5. The Morgan fingerprint density at radius 1 is 1.58 bits per heavy atom. The quantitative estimate of drug-likeness (QED) is 0.859. The normalized spacial score (nSPS) is 10.4. The molecule has 0 radical (unpaired) electrons. The zero-order valence-corrected chi connectivity index (χ0v) is 11.8. The fraction of sp³-hybridized carbons (Fsp3) is 0.250. The molecule has 2 aromatic rings. The summed E-state index contributed by atoms with van der Waals surface area (Å²) in [5, 5.41) is 7.46. The Hall–Kier alpha value is -1.53. The van der Waals surface area contributed by atoms with Crippen molar-refractivity contribution in [3.8, 4) is 0 Å². The van der Waals surface area contributed by atoms with Gasteiger partial charge in [-0.05, 0) is 18.4 Å². The van der Waals surface area contributed by atoms with E-state index in [0.29, 0.717) is 23.8 Å². The van der Waals surface area contributed by atoms with E-state index in [2.05, 4.69) is 15.5 Å². The van der Waals surface area contributed by atoms with Crippen molar-refractivity contribution in [2.24, 2.45) is 0 Å². The Balaban J connectivity index is 1.90. The molecule has 1 amide bonds. The van der Waals surface area contributed by atoms with Crippen molar-refractivity contribution in [2.45, 2.75) is 17.9 Å². The summed E-state index contributed by atoms with van der Waals surface area (Å²) in [4.78, 5) is 16.0. The van der Waals surface area contributed by atoms with Crippen molar-refractivity contribution < 1.29 is 9.32 Å². The van der Waals surface area contributed by atoms with Gasteiger partial charge in [-0.1, -0.05) is 16.8 Å². The number of halogens is 1. The molecule has 100 valence electrons. The van der Waals surface area contributed by atoms with Crippen LogP contribution < -0.4 is 5.32 Å². The van der Waals surface area contributed by atoms with Gasteiger partial charge in [-0.15, -0.1) is 11.8 Å². The third kappa shape index (κ3) is 3.97. The first kappa shape index (κ1) is 13.9. The predicted octanol–water partition coefficient (Wildman–Crippen LogP) is 3.02. The SMILES string of the molecule is CSc1ncccc1NC(=O)CCc1cc(Cl)no1. The monoisotopic (exact) mass is 297 g/mol. The van der Waals surface area contributed by atoms with E-state index in [1.165, 1.54) is 11.8 Å². The average molecular weight is 298 g/mol. The van der Waals surface area contributed by atoms with Gasteiger partial charge >= 0.3 is 0 Å². The Morgan fingerprint density at radius 3 is 3.11 bits per heavy atom. The van der Waals surface area contributed by atoms with Crippen LogP contribution in [0.25, 0.3) is 0 Å². The Labute approximate surface area is 119 Å². The third-order valence-electron chi connectivity index (χ3n) is 2.37. The summed E-state index contributed by atoms with van der Waals surface area (Å²) in [5.74, 6) is 0.493. The molecule has 0 saturated carbocycles. The second-order valence-electron chi connectivity index (χ2n) is 3.72. The van der Waals surface area contributed by atoms with Gasteiger partial charge < -0.3 is 9.84 Å². The van der Waals surface area contributed by atoms with Crippen LogP contribution >= 0.6 is 23.4 Å². The van der Waals surface area contributed by atoms with Crippen LogP contribution in [0.4, 0.5) is 5.69 Å². The predicted molar refractivity (Wildman–Crippen MR) is 74.5 cm³/mol. The number of thioether (sulfide) groups is 1. The second-order valence-corrected chi connectivity index (χ2v) is 4.91. The molecule has 2 aromatic heterocycles. The van der Waals surface area contributed by atoms with Crippen LogP contribution in [-0.4, -0.2) is 22.3 Å². The summed E-state index contributed by atoms with van der Waals surface area (Å²) < 4.78 is 4.93. The van der Waals surface area contributed by atoms with Crippen LogP contribution in [0.3, 0.4) is 0 Å². The van der Waals surface area contributed by atoms with Crippen LogP contribution in [0, 0.1) is 0 Å². The second kappa shape index (κ2) is 6.58. The van der Waals surface area contributed by atoms with E-state index in [0.717, 1.165) is 10.7 Å². The number of amides is 1. The van der Waals surface area contributed by atoms with Crippen LogP contribution in [-0.2, 0) is 11.2 Å². The third-order valence-corrected chi connectivity index (χ3v) is 3.26. The molecule has 0 atom stereocenters. The average Bonchev–Trinajstić information content (AvgIpc) is 2.83. The minimum atomic E-state index is -0.101. The molecule has 0 unspecified atom stereocenters. The molecule has 19 heavy (non-hydrogen) atoms. The summed E-state index contributed by atoms with van der Waals surface area (Å²) in [6.07, 6.45) is 4.36. The molecule has 2 heterocycles. The number of hydrogen-bond acceptors (Lipinski definition) is 5. The lowest BCUT2D eigenvalue weighted by atomic mass is 10.2. The van der Waals surface area contributed by atoms with Gasteiger partial charge in [0.1, 0.15) is 10.8 Å². The van der Waals surface area contributed by atoms with Gasteiger partial charge in [0.2, 0.25) is 5.91 Å². The molecule has 0 aliphatic carbocycles. The fourth-order valence-corrected chi connectivity index (χ4v) is 2.17. The van der Waals surface area contributed by atoms with Crippen molar-refractivity contribution in [3.63, 3.8) is 0 Å². The van der Waals surface area contributed by atoms with Gasteiger partial charge in [0.25, 0.3) is 0 Å². The van der Waals surface area contributed by atoms with Crippen LogP contribution in [0.1, 0.15) is 12.2 Å². The number of aromatic nitrogens is 2. The maximum absolute atomic E-state index is 11.8. The number of nitrogens with zero attached hydrogens (tertiary/aromatic N) is 2. The van der Waals surface area contributed by atoms with Gasteiger partial charge in [0.15, 0.2) is 5.15 Å². The van der Waals surface area contributed by atoms with Crippen molar-refractivity contribution in [3.05, 3.63) is 35.3 Å². The van der Waals surface area contributed by atoms with E-state index < -0.39 is 0 Å². The highest BCUT2D eigenvalue weighted by Gasteiger charge is 2.09. The maximum Gasteiger partial charge on any atom is 0.224 e. The number of aryl methyl sites for hydroxylation is 1. The number of carbonyl (C=O) groups is 1. The number of pyridine rings is 1. The van der Waals surface area contributed by atoms with E-state index in [9.17, 15) is 4.79 Å². The van der Waals surface area contributed by atoms with Crippen LogP contribution in [0.5, 0.6) is 0 Å². The minimum Gasteiger partial charge on any atom is -0.360 e. The smallest absolute Gasteiger partial charge is 0.224 e. The van der Waals surface area contributed by atoms with E-state index >= 15 is 0 Å². The van der Waals surface area contributed by atoms with E-state index in [4.69, 9.17) is 16.1 Å². The summed E-state index contributed by atoms with van der Waals surface area (Å²) in [6, 6.07) is 5.21. The zero-order chi connectivity index (χ0) is 13.7. The topological polar surface area (TPSA) is 68.0 Å². The number of anilines is 1. The molecule has 5 nitrogen and oxygen atoms in total. The van der Waals surface area contributed by atoms with Crippen LogP contribution in [0.15, 0.2) is 33.9 Å². The first-order chi connectivity index (χ1) is 9.19. The highest BCUT2D eigenvalue weighted by molar-refractivity contribution is 7.98. The van der Waals surface area contributed by atoms with Crippen molar-refractivity contribution >= 4 is 35.0 Å². The molecule has 1 N–H and O–H groups in total. The van der Waals surface area contributed by atoms with Gasteiger partial charge in [-0.2, -0.15) is 0 Å². The molecule has 0 aliphatic rings. The first-order valence-electron chi connectivity index (χ1n) is 5.59. The first-order valence-corrected chi connectivity index (χ1v) is 7.19. The molecular weight excluding hydrogens is 286 g/mol. The van der Waals surface area contributed by atoms with Gasteiger partial charge in [0.05, 0.1) is 5.69 Å². The van der Waals surface area contributed by atoms with E-state index in [-0.39, 0.29) is 5.91 Å². The summed E-state index contributed by atoms with van der Waals surface area (Å²) in [7, 11) is 0. The molecule has 0 aliphatic heterocycles. The molecular formula is C12H12ClN3O2S. The van der Waals surface area contributed by atoms with Crippen molar-refractivity contribution in [1.29, 1.82) is 0 Å². The molecule has 0 spiro atoms. The van der Waals surface area contributed by atoms with Gasteiger partial charge in [-0.3, -0.25) is 4.79 Å². The Kier molecular flexibility index (Phi) is 4.81. The van der Waals surface area contributed by atoms with Crippen molar-refractivity contribution in [1.82, 2.24) is 10.1 Å². The van der Waals surface area contributed by atoms with E-state index in [1.54, 1.807) is 18.3 Å². The lowest BCUT2D eigenvalue weighted by Gasteiger charge is -2.07. The number of rotatable bonds is 5. The molecule has 0 saturated heterocycles. The zero-order valence-electron chi connectivity index (χ0n) is 10.2. The summed E-state index contributed by atoms with van der Waals surface area (Å²) >= 11 is 7.11. The largest absolute Gasteiger partial charge is 0.360 e. The number of hydrogen-bond donors (Lipinski definition) is 1. The highest BCUT2D eigenvalue weighted by Crippen LogP contribution is 2.22. The molecule has 2 rings (SSSR count). The van der Waals surface area contributed by atoms with Gasteiger partial charge in [0, 0.05) is 25.1 Å². The minimum absolute atomic E-state index is 0.101. The maximum atomic E-state index is 11.8. The Bertz CT molecular complexity index is 574. The molecule has 7 heteroatoms. The summed E-state index contributed by atoms with van der Waals surface area (Å²) in [5.41, 5.74) is 0.718. The van der Waals surface area contributed by atoms with Gasteiger partial charge in [-0.25, -0.2) is 4.98 Å². The summed E-state index contributed by atoms with van der Waals surface area (Å²) in [6.45, 7) is 0.